The first kappa shape index (κ1) is 25.4. The minimum atomic E-state index is -0.437. The number of hydrogen-bond acceptors (Lipinski definition) is 4. The fourth-order valence-electron chi connectivity index (χ4n) is 3.64. The van der Waals surface area contributed by atoms with Gasteiger partial charge in [-0.05, 0) is 6.42 Å². The first-order valence-electron chi connectivity index (χ1n) is 12.0. The van der Waals surface area contributed by atoms with Crippen LogP contribution in [0.1, 0.15) is 122 Å². The first-order valence-corrected chi connectivity index (χ1v) is 12.0. The Balaban J connectivity index is 1.79. The third-order valence-electron chi connectivity index (χ3n) is 5.48. The molecule has 5 nitrogen and oxygen atoms in total. The van der Waals surface area contributed by atoms with Crippen LogP contribution in [0, 0.1) is 0 Å². The second-order valence-electron chi connectivity index (χ2n) is 8.21. The average molecular weight is 410 g/mol. The number of unbranched alkanes of at least 4 members (excludes halogenated alkanes) is 16. The molecule has 0 amide bonds. The Morgan fingerprint density at radius 3 is 1.41 bits per heavy atom. The van der Waals surface area contributed by atoms with Crippen molar-refractivity contribution in [1.82, 2.24) is 4.73 Å². The van der Waals surface area contributed by atoms with Gasteiger partial charge in [-0.15, -0.1) is 4.73 Å². The van der Waals surface area contributed by atoms with Gasteiger partial charge in [-0.25, -0.2) is 4.79 Å². The van der Waals surface area contributed by atoms with E-state index >= 15 is 0 Å². The molecule has 1 aromatic rings. The fourth-order valence-corrected chi connectivity index (χ4v) is 3.64. The van der Waals surface area contributed by atoms with Crippen molar-refractivity contribution in [1.29, 1.82) is 0 Å². The van der Waals surface area contributed by atoms with E-state index in [9.17, 15) is 15.0 Å². The van der Waals surface area contributed by atoms with Crippen molar-refractivity contribution in [3.63, 3.8) is 0 Å². The molecule has 1 rings (SSSR count). The zero-order chi connectivity index (χ0) is 21.2. The summed E-state index contributed by atoms with van der Waals surface area (Å²) in [5.41, 5.74) is 0. The maximum atomic E-state index is 11.7. The van der Waals surface area contributed by atoms with E-state index < -0.39 is 5.97 Å². The molecule has 0 saturated carbocycles. The fraction of sp³-hybridized carbons (Fsp3) is 0.792. The van der Waals surface area contributed by atoms with Crippen molar-refractivity contribution in [2.24, 2.45) is 0 Å². The van der Waals surface area contributed by atoms with Crippen molar-refractivity contribution in [3.05, 3.63) is 12.1 Å². The number of carbonyl (C=O) groups is 1. The van der Waals surface area contributed by atoms with E-state index in [1.165, 1.54) is 102 Å². The van der Waals surface area contributed by atoms with E-state index in [4.69, 9.17) is 4.84 Å². The van der Waals surface area contributed by atoms with Crippen molar-refractivity contribution in [2.75, 3.05) is 0 Å². The van der Waals surface area contributed by atoms with E-state index in [-0.39, 0.29) is 11.8 Å². The zero-order valence-corrected chi connectivity index (χ0v) is 18.5. The normalized spacial score (nSPS) is 11.1. The second-order valence-corrected chi connectivity index (χ2v) is 8.21. The third kappa shape index (κ3) is 13.2. The van der Waals surface area contributed by atoms with Crippen molar-refractivity contribution in [3.8, 4) is 11.8 Å². The van der Waals surface area contributed by atoms with E-state index in [1.54, 1.807) is 0 Å². The highest BCUT2D eigenvalue weighted by atomic mass is 16.7. The van der Waals surface area contributed by atoms with Crippen LogP contribution in [0.4, 0.5) is 0 Å². The molecule has 0 fully saturated rings. The minimum absolute atomic E-state index is 0.279. The summed E-state index contributed by atoms with van der Waals surface area (Å²) in [4.78, 5) is 16.6. The second kappa shape index (κ2) is 17.2. The zero-order valence-electron chi connectivity index (χ0n) is 18.5. The predicted octanol–water partition coefficient (Wildman–Crippen LogP) is 6.90. The molecule has 0 radical (unpaired) electrons. The summed E-state index contributed by atoms with van der Waals surface area (Å²) in [6, 6.07) is 2.55. The van der Waals surface area contributed by atoms with Gasteiger partial charge in [-0.1, -0.05) is 110 Å². The minimum Gasteiger partial charge on any atom is -0.492 e. The number of rotatable bonds is 19. The Labute approximate surface area is 177 Å². The summed E-state index contributed by atoms with van der Waals surface area (Å²) in [6.45, 7) is 2.27. The van der Waals surface area contributed by atoms with Crippen LogP contribution in [-0.4, -0.2) is 20.9 Å². The lowest BCUT2D eigenvalue weighted by molar-refractivity contribution is -0.145. The Kier molecular flexibility index (Phi) is 15.1. The highest BCUT2D eigenvalue weighted by molar-refractivity contribution is 5.69. The standard InChI is InChI=1S/C24H43NO4/c1-2-3-4-5-6-7-8-9-10-11-12-13-14-15-16-17-18-19-24(28)29-25-22(26)20-21-23(25)27/h20-21,26-27H,2-19H2,1H3. The van der Waals surface area contributed by atoms with Gasteiger partial charge in [-0.3, -0.25) is 0 Å². The van der Waals surface area contributed by atoms with Gasteiger partial charge in [0, 0.05) is 18.6 Å². The van der Waals surface area contributed by atoms with E-state index in [0.717, 1.165) is 24.0 Å². The summed E-state index contributed by atoms with van der Waals surface area (Å²) >= 11 is 0. The summed E-state index contributed by atoms with van der Waals surface area (Å²) in [5.74, 6) is -0.996. The molecule has 0 unspecified atom stereocenters. The summed E-state index contributed by atoms with van der Waals surface area (Å²) in [5, 5.41) is 18.9. The molecule has 0 saturated heterocycles. The Morgan fingerprint density at radius 2 is 1.03 bits per heavy atom. The van der Waals surface area contributed by atoms with Gasteiger partial charge in [0.15, 0.2) is 0 Å². The lowest BCUT2D eigenvalue weighted by Gasteiger charge is -2.06. The van der Waals surface area contributed by atoms with Crippen LogP contribution in [0.3, 0.4) is 0 Å². The lowest BCUT2D eigenvalue weighted by Crippen LogP contribution is -2.18. The SMILES string of the molecule is CCCCCCCCCCCCCCCCCCCC(=O)On1c(O)ccc1O. The number of aromatic hydroxyl groups is 2. The maximum absolute atomic E-state index is 11.7. The van der Waals surface area contributed by atoms with Crippen molar-refractivity contribution < 1.29 is 19.8 Å². The van der Waals surface area contributed by atoms with Gasteiger partial charge >= 0.3 is 5.97 Å². The maximum Gasteiger partial charge on any atom is 0.333 e. The molecule has 168 valence electrons. The van der Waals surface area contributed by atoms with Crippen molar-refractivity contribution >= 4 is 5.97 Å². The highest BCUT2D eigenvalue weighted by Gasteiger charge is 2.11. The van der Waals surface area contributed by atoms with Crippen LogP contribution in [0.2, 0.25) is 0 Å². The number of aromatic nitrogens is 1. The number of hydrogen-bond donors (Lipinski definition) is 2. The largest absolute Gasteiger partial charge is 0.492 e. The van der Waals surface area contributed by atoms with Crippen LogP contribution in [-0.2, 0) is 4.79 Å². The molecular weight excluding hydrogens is 366 g/mol. The van der Waals surface area contributed by atoms with E-state index in [0.29, 0.717) is 6.42 Å². The molecule has 0 bridgehead atoms. The molecule has 0 atom stereocenters. The van der Waals surface area contributed by atoms with Crippen LogP contribution in [0.15, 0.2) is 12.1 Å². The number of carbonyl (C=O) groups excluding carboxylic acids is 1. The van der Waals surface area contributed by atoms with Crippen LogP contribution in [0.25, 0.3) is 0 Å². The molecular formula is C24H43NO4. The van der Waals surface area contributed by atoms with Gasteiger partial charge in [0.25, 0.3) is 0 Å². The molecule has 1 heterocycles. The summed E-state index contributed by atoms with van der Waals surface area (Å²) in [7, 11) is 0. The highest BCUT2D eigenvalue weighted by Crippen LogP contribution is 2.19. The van der Waals surface area contributed by atoms with Gasteiger partial charge in [0.1, 0.15) is 0 Å². The van der Waals surface area contributed by atoms with E-state index in [1.807, 2.05) is 0 Å². The molecule has 0 aliphatic rings. The van der Waals surface area contributed by atoms with Crippen LogP contribution >= 0.6 is 0 Å². The Bertz CT molecular complexity index is 507. The first-order chi connectivity index (χ1) is 14.1. The molecule has 0 aliphatic heterocycles. The molecule has 29 heavy (non-hydrogen) atoms. The summed E-state index contributed by atoms with van der Waals surface area (Å²) in [6.07, 6.45) is 22.4. The van der Waals surface area contributed by atoms with Crippen molar-refractivity contribution in [2.45, 2.75) is 122 Å². The average Bonchev–Trinajstić information content (AvgIpc) is 3.02. The smallest absolute Gasteiger partial charge is 0.333 e. The van der Waals surface area contributed by atoms with Gasteiger partial charge < -0.3 is 15.1 Å². The quantitative estimate of drug-likeness (QED) is 0.244. The van der Waals surface area contributed by atoms with Gasteiger partial charge in [-0.2, -0.15) is 0 Å². The van der Waals surface area contributed by atoms with Crippen LogP contribution in [0.5, 0.6) is 11.8 Å². The molecule has 5 heteroatoms. The van der Waals surface area contributed by atoms with Gasteiger partial charge in [0.2, 0.25) is 11.8 Å². The Morgan fingerprint density at radius 1 is 0.690 bits per heavy atom. The van der Waals surface area contributed by atoms with Gasteiger partial charge in [0.05, 0.1) is 0 Å². The summed E-state index contributed by atoms with van der Waals surface area (Å²) < 4.78 is 0.746. The Hall–Kier alpha value is -1.65. The molecule has 0 spiro atoms. The molecule has 1 aromatic heterocycles. The predicted molar refractivity (Wildman–Crippen MR) is 118 cm³/mol. The molecule has 2 N–H and O–H groups in total. The van der Waals surface area contributed by atoms with Crippen LogP contribution < -0.4 is 4.84 Å². The van der Waals surface area contributed by atoms with E-state index in [2.05, 4.69) is 6.92 Å². The topological polar surface area (TPSA) is 71.7 Å². The molecule has 0 aliphatic carbocycles. The lowest BCUT2D eigenvalue weighted by atomic mass is 10.0. The molecule has 0 aromatic carbocycles. The third-order valence-corrected chi connectivity index (χ3v) is 5.48. The monoisotopic (exact) mass is 409 g/mol. The number of nitrogens with zero attached hydrogens (tertiary/aromatic N) is 1.